The Morgan fingerprint density at radius 3 is 2.93 bits per heavy atom. The van der Waals surface area contributed by atoms with E-state index in [9.17, 15) is 9.90 Å². The number of ether oxygens (including phenoxy) is 1. The van der Waals surface area contributed by atoms with Gasteiger partial charge < -0.3 is 20.5 Å². The number of nitrogens with zero attached hydrogens (tertiary/aromatic N) is 2. The number of methoxy groups -OCH3 is 1. The number of halogens is 1. The minimum Gasteiger partial charge on any atom is -0.507 e. The summed E-state index contributed by atoms with van der Waals surface area (Å²) in [6, 6.07) is 12.0. The Morgan fingerprint density at radius 2 is 2.11 bits per heavy atom. The van der Waals surface area contributed by atoms with Crippen LogP contribution in [-0.2, 0) is 9.53 Å². The van der Waals surface area contributed by atoms with Crippen molar-refractivity contribution in [2.24, 2.45) is 0 Å². The van der Waals surface area contributed by atoms with Crippen LogP contribution in [0.15, 0.2) is 42.5 Å². The maximum Gasteiger partial charge on any atom is 0.322 e. The zero-order chi connectivity index (χ0) is 19.7. The van der Waals surface area contributed by atoms with Crippen molar-refractivity contribution in [2.75, 3.05) is 19.0 Å². The molecule has 2 atom stereocenters. The second-order valence-electron chi connectivity index (χ2n) is 6.64. The van der Waals surface area contributed by atoms with Gasteiger partial charge in [-0.1, -0.05) is 23.7 Å². The van der Waals surface area contributed by atoms with Gasteiger partial charge in [0.25, 0.3) is 0 Å². The summed E-state index contributed by atoms with van der Waals surface area (Å²) in [5, 5.41) is 18.1. The Morgan fingerprint density at radius 1 is 1.29 bits per heavy atom. The molecule has 1 saturated heterocycles. The van der Waals surface area contributed by atoms with Crippen molar-refractivity contribution in [3.8, 4) is 17.1 Å². The summed E-state index contributed by atoms with van der Waals surface area (Å²) in [4.78, 5) is 21.0. The number of hydrogen-bond donors (Lipinski definition) is 3. The first-order valence-electron chi connectivity index (χ1n) is 8.88. The molecule has 0 amide bonds. The third kappa shape index (κ3) is 3.58. The van der Waals surface area contributed by atoms with Crippen molar-refractivity contribution in [3.63, 3.8) is 0 Å². The molecule has 1 aromatic heterocycles. The number of carbonyl (C=O) groups is 1. The molecule has 1 fully saturated rings. The van der Waals surface area contributed by atoms with Crippen LogP contribution in [0.5, 0.6) is 5.75 Å². The van der Waals surface area contributed by atoms with E-state index in [0.29, 0.717) is 35.2 Å². The van der Waals surface area contributed by atoms with E-state index in [1.165, 1.54) is 13.2 Å². The first kappa shape index (κ1) is 18.5. The standard InChI is InChI=1S/C20H19ClN4O3/c1-28-20(27)16-9-12(10-22-16)23-18-13-4-2-3-5-15(13)24-19(25-18)14-8-11(21)6-7-17(14)26/h2-8,12,16,22,26H,9-10H2,1H3,(H,23,24,25)/t12-,16+/m0/s1. The minimum atomic E-state index is -0.341. The lowest BCUT2D eigenvalue weighted by Gasteiger charge is -2.16. The van der Waals surface area contributed by atoms with E-state index in [4.69, 9.17) is 16.3 Å². The van der Waals surface area contributed by atoms with Crippen molar-refractivity contribution in [3.05, 3.63) is 47.5 Å². The fourth-order valence-electron chi connectivity index (χ4n) is 3.36. The van der Waals surface area contributed by atoms with Gasteiger partial charge in [0.1, 0.15) is 17.6 Å². The summed E-state index contributed by atoms with van der Waals surface area (Å²) < 4.78 is 4.81. The normalized spacial score (nSPS) is 18.9. The van der Waals surface area contributed by atoms with Crippen LogP contribution in [0.3, 0.4) is 0 Å². The molecule has 2 aromatic carbocycles. The summed E-state index contributed by atoms with van der Waals surface area (Å²) in [7, 11) is 1.38. The molecular weight excluding hydrogens is 380 g/mol. The number of rotatable bonds is 4. The predicted molar refractivity (Wildman–Crippen MR) is 107 cm³/mol. The van der Waals surface area contributed by atoms with E-state index in [0.717, 1.165) is 10.9 Å². The number of aromatic hydroxyl groups is 1. The number of fused-ring (bicyclic) bond motifs is 1. The number of carbonyl (C=O) groups excluding carboxylic acids is 1. The topological polar surface area (TPSA) is 96.4 Å². The molecule has 144 valence electrons. The molecule has 0 saturated carbocycles. The third-order valence-electron chi connectivity index (χ3n) is 4.76. The first-order valence-corrected chi connectivity index (χ1v) is 9.26. The largest absolute Gasteiger partial charge is 0.507 e. The van der Waals surface area contributed by atoms with Gasteiger partial charge in [-0.15, -0.1) is 0 Å². The Bertz CT molecular complexity index is 1040. The van der Waals surface area contributed by atoms with Gasteiger partial charge in [0.2, 0.25) is 0 Å². The van der Waals surface area contributed by atoms with Crippen LogP contribution in [0.1, 0.15) is 6.42 Å². The van der Waals surface area contributed by atoms with Gasteiger partial charge in [0.15, 0.2) is 5.82 Å². The number of benzene rings is 2. The first-order chi connectivity index (χ1) is 13.5. The lowest BCUT2D eigenvalue weighted by molar-refractivity contribution is -0.142. The number of aromatic nitrogens is 2. The zero-order valence-electron chi connectivity index (χ0n) is 15.1. The Labute approximate surface area is 166 Å². The smallest absolute Gasteiger partial charge is 0.322 e. The van der Waals surface area contributed by atoms with Crippen molar-refractivity contribution in [2.45, 2.75) is 18.5 Å². The van der Waals surface area contributed by atoms with Crippen LogP contribution in [-0.4, -0.2) is 46.8 Å². The van der Waals surface area contributed by atoms with Gasteiger partial charge in [0.05, 0.1) is 18.2 Å². The Balaban J connectivity index is 1.71. The molecule has 0 radical (unpaired) electrons. The van der Waals surface area contributed by atoms with Crippen LogP contribution >= 0.6 is 11.6 Å². The average Bonchev–Trinajstić information content (AvgIpc) is 3.17. The van der Waals surface area contributed by atoms with E-state index in [2.05, 4.69) is 20.6 Å². The number of esters is 1. The zero-order valence-corrected chi connectivity index (χ0v) is 15.9. The fraction of sp³-hybridized carbons (Fsp3) is 0.250. The molecule has 2 heterocycles. The van der Waals surface area contributed by atoms with Crippen LogP contribution in [0, 0.1) is 0 Å². The van der Waals surface area contributed by atoms with Crippen molar-refractivity contribution >= 4 is 34.3 Å². The molecule has 4 rings (SSSR count). The molecule has 0 bridgehead atoms. The maximum atomic E-state index is 11.8. The summed E-state index contributed by atoms with van der Waals surface area (Å²) in [6.07, 6.45) is 0.586. The summed E-state index contributed by atoms with van der Waals surface area (Å²) in [6.45, 7) is 0.607. The molecule has 0 unspecified atom stereocenters. The summed E-state index contributed by atoms with van der Waals surface area (Å²) >= 11 is 6.09. The number of anilines is 1. The third-order valence-corrected chi connectivity index (χ3v) is 5.00. The second-order valence-corrected chi connectivity index (χ2v) is 7.07. The summed E-state index contributed by atoms with van der Waals surface area (Å²) in [5.41, 5.74) is 1.20. The predicted octanol–water partition coefficient (Wildman–Crippen LogP) is 2.97. The molecule has 3 N–H and O–H groups in total. The fourth-order valence-corrected chi connectivity index (χ4v) is 3.53. The molecule has 3 aromatic rings. The number of nitrogens with one attached hydrogen (secondary N) is 2. The molecule has 0 aliphatic carbocycles. The van der Waals surface area contributed by atoms with Crippen molar-refractivity contribution in [1.29, 1.82) is 0 Å². The molecule has 7 nitrogen and oxygen atoms in total. The Hall–Kier alpha value is -2.90. The minimum absolute atomic E-state index is 0.00298. The molecule has 0 spiro atoms. The van der Waals surface area contributed by atoms with Gasteiger partial charge >= 0.3 is 5.97 Å². The van der Waals surface area contributed by atoms with Gasteiger partial charge in [0, 0.05) is 23.0 Å². The summed E-state index contributed by atoms with van der Waals surface area (Å²) in [5.74, 6) is 0.786. The molecule has 1 aliphatic heterocycles. The highest BCUT2D eigenvalue weighted by Gasteiger charge is 2.30. The number of phenolic OH excluding ortho intramolecular Hbond substituents is 1. The molecule has 28 heavy (non-hydrogen) atoms. The Kier molecular flexibility index (Phi) is 5.02. The van der Waals surface area contributed by atoms with Crippen molar-refractivity contribution in [1.82, 2.24) is 15.3 Å². The average molecular weight is 399 g/mol. The highest BCUT2D eigenvalue weighted by molar-refractivity contribution is 6.30. The van der Waals surface area contributed by atoms with Crippen LogP contribution in [0.4, 0.5) is 5.82 Å². The van der Waals surface area contributed by atoms with Gasteiger partial charge in [-0.05, 0) is 36.8 Å². The van der Waals surface area contributed by atoms with E-state index in [1.54, 1.807) is 12.1 Å². The van der Waals surface area contributed by atoms with Crippen LogP contribution in [0.2, 0.25) is 5.02 Å². The van der Waals surface area contributed by atoms with E-state index in [-0.39, 0.29) is 23.8 Å². The lowest BCUT2D eigenvalue weighted by Crippen LogP contribution is -2.31. The monoisotopic (exact) mass is 398 g/mol. The van der Waals surface area contributed by atoms with E-state index < -0.39 is 0 Å². The number of hydrogen-bond acceptors (Lipinski definition) is 7. The molecule has 8 heteroatoms. The van der Waals surface area contributed by atoms with E-state index >= 15 is 0 Å². The molecular formula is C20H19ClN4O3. The number of phenols is 1. The highest BCUT2D eigenvalue weighted by Crippen LogP contribution is 2.32. The SMILES string of the molecule is COC(=O)[C@H]1C[C@H](Nc2nc(-c3cc(Cl)ccc3O)nc3ccccc23)CN1. The van der Waals surface area contributed by atoms with Gasteiger partial charge in [-0.25, -0.2) is 9.97 Å². The lowest BCUT2D eigenvalue weighted by atomic mass is 10.1. The van der Waals surface area contributed by atoms with Gasteiger partial charge in [-0.3, -0.25) is 4.79 Å². The number of para-hydroxylation sites is 1. The van der Waals surface area contributed by atoms with Crippen LogP contribution < -0.4 is 10.6 Å². The van der Waals surface area contributed by atoms with E-state index in [1.807, 2.05) is 24.3 Å². The highest BCUT2D eigenvalue weighted by atomic mass is 35.5. The van der Waals surface area contributed by atoms with Crippen molar-refractivity contribution < 1.29 is 14.6 Å². The van der Waals surface area contributed by atoms with Gasteiger partial charge in [-0.2, -0.15) is 0 Å². The quantitative estimate of drug-likeness (QED) is 0.581. The van der Waals surface area contributed by atoms with Crippen LogP contribution in [0.25, 0.3) is 22.3 Å². The molecule has 1 aliphatic rings. The maximum absolute atomic E-state index is 11.8. The second kappa shape index (κ2) is 7.61.